The highest BCUT2D eigenvalue weighted by Crippen LogP contribution is 2.23. The molecule has 0 aliphatic heterocycles. The maximum Gasteiger partial charge on any atom is 0.221 e. The standard InChI is InChI=1S/C17H19N5O2/c1-12(23)20-14-5-3-4-13(10-14)15-11-19-17-7-6-16(21-22(15)17)18-8-9-24-2/h3-7,10-11H,8-9H2,1-2H3,(H,18,21)(H,20,23). The van der Waals surface area contributed by atoms with E-state index in [4.69, 9.17) is 4.74 Å². The normalized spacial score (nSPS) is 10.8. The minimum absolute atomic E-state index is 0.104. The van der Waals surface area contributed by atoms with Gasteiger partial charge in [0.05, 0.1) is 18.5 Å². The number of hydrogen-bond acceptors (Lipinski definition) is 5. The van der Waals surface area contributed by atoms with Gasteiger partial charge in [-0.2, -0.15) is 0 Å². The summed E-state index contributed by atoms with van der Waals surface area (Å²) in [4.78, 5) is 15.6. The van der Waals surface area contributed by atoms with Crippen LogP contribution >= 0.6 is 0 Å². The van der Waals surface area contributed by atoms with E-state index in [0.717, 1.165) is 28.4 Å². The average Bonchev–Trinajstić information content (AvgIpc) is 2.98. The molecule has 3 rings (SSSR count). The summed E-state index contributed by atoms with van der Waals surface area (Å²) in [5.74, 6) is 0.643. The predicted octanol–water partition coefficient (Wildman–Crippen LogP) is 2.41. The average molecular weight is 325 g/mol. The molecule has 0 aliphatic carbocycles. The van der Waals surface area contributed by atoms with E-state index < -0.39 is 0 Å². The van der Waals surface area contributed by atoms with Crippen molar-refractivity contribution in [3.63, 3.8) is 0 Å². The molecule has 0 radical (unpaired) electrons. The molecule has 0 fully saturated rings. The molecule has 7 heteroatoms. The number of benzene rings is 1. The number of nitrogens with one attached hydrogen (secondary N) is 2. The van der Waals surface area contributed by atoms with Crippen LogP contribution in [0.15, 0.2) is 42.6 Å². The number of methoxy groups -OCH3 is 1. The Hall–Kier alpha value is -2.93. The van der Waals surface area contributed by atoms with Crippen molar-refractivity contribution in [2.24, 2.45) is 0 Å². The molecule has 0 aliphatic rings. The Bertz CT molecular complexity index is 859. The summed E-state index contributed by atoms with van der Waals surface area (Å²) in [6, 6.07) is 11.4. The molecule has 0 saturated carbocycles. The van der Waals surface area contributed by atoms with Gasteiger partial charge in [-0.1, -0.05) is 12.1 Å². The first-order valence-electron chi connectivity index (χ1n) is 7.63. The lowest BCUT2D eigenvalue weighted by Gasteiger charge is -2.08. The van der Waals surface area contributed by atoms with Gasteiger partial charge in [0.25, 0.3) is 0 Å². The SMILES string of the molecule is COCCNc1ccc2ncc(-c3cccc(NC(C)=O)c3)n2n1. The predicted molar refractivity (Wildman–Crippen MR) is 93.1 cm³/mol. The van der Waals surface area contributed by atoms with Crippen LogP contribution < -0.4 is 10.6 Å². The van der Waals surface area contributed by atoms with Crippen LogP contribution in [0.25, 0.3) is 16.9 Å². The van der Waals surface area contributed by atoms with E-state index in [1.165, 1.54) is 6.92 Å². The molecule has 1 amide bonds. The molecule has 0 bridgehead atoms. The number of rotatable bonds is 6. The zero-order valence-electron chi connectivity index (χ0n) is 13.6. The number of carbonyl (C=O) groups excluding carboxylic acids is 1. The summed E-state index contributed by atoms with van der Waals surface area (Å²) < 4.78 is 6.81. The summed E-state index contributed by atoms with van der Waals surface area (Å²) in [6.07, 6.45) is 1.77. The molecule has 7 nitrogen and oxygen atoms in total. The highest BCUT2D eigenvalue weighted by Gasteiger charge is 2.09. The molecule has 1 aromatic carbocycles. The van der Waals surface area contributed by atoms with Crippen molar-refractivity contribution in [3.05, 3.63) is 42.6 Å². The van der Waals surface area contributed by atoms with Crippen molar-refractivity contribution in [3.8, 4) is 11.3 Å². The lowest BCUT2D eigenvalue weighted by atomic mass is 10.1. The van der Waals surface area contributed by atoms with Gasteiger partial charge in [0, 0.05) is 31.8 Å². The summed E-state index contributed by atoms with van der Waals surface area (Å²) >= 11 is 0. The van der Waals surface area contributed by atoms with Gasteiger partial charge < -0.3 is 15.4 Å². The van der Waals surface area contributed by atoms with Crippen LogP contribution in [0.2, 0.25) is 0 Å². The molecule has 3 aromatic rings. The van der Waals surface area contributed by atoms with Crippen molar-refractivity contribution in [2.75, 3.05) is 30.9 Å². The first-order chi connectivity index (χ1) is 11.7. The quantitative estimate of drug-likeness (QED) is 0.680. The Kier molecular flexibility index (Phi) is 4.72. The number of amides is 1. The van der Waals surface area contributed by atoms with Gasteiger partial charge in [0.2, 0.25) is 5.91 Å². The maximum absolute atomic E-state index is 11.2. The van der Waals surface area contributed by atoms with Crippen LogP contribution in [0, 0.1) is 0 Å². The van der Waals surface area contributed by atoms with Crippen LogP contribution in [-0.4, -0.2) is 40.8 Å². The molecule has 2 heterocycles. The van der Waals surface area contributed by atoms with Crippen LogP contribution in [0.1, 0.15) is 6.92 Å². The van der Waals surface area contributed by atoms with Gasteiger partial charge in [-0.05, 0) is 24.3 Å². The molecule has 0 saturated heterocycles. The largest absolute Gasteiger partial charge is 0.383 e. The second kappa shape index (κ2) is 7.10. The summed E-state index contributed by atoms with van der Waals surface area (Å²) in [7, 11) is 1.66. The van der Waals surface area contributed by atoms with Gasteiger partial charge in [-0.15, -0.1) is 5.10 Å². The third-order valence-corrected chi connectivity index (χ3v) is 3.45. The van der Waals surface area contributed by atoms with Crippen LogP contribution in [0.3, 0.4) is 0 Å². The van der Waals surface area contributed by atoms with Gasteiger partial charge in [-0.3, -0.25) is 4.79 Å². The highest BCUT2D eigenvalue weighted by molar-refractivity contribution is 5.89. The van der Waals surface area contributed by atoms with Crippen molar-refractivity contribution >= 4 is 23.1 Å². The lowest BCUT2D eigenvalue weighted by Crippen LogP contribution is -2.10. The monoisotopic (exact) mass is 325 g/mol. The zero-order chi connectivity index (χ0) is 16.9. The maximum atomic E-state index is 11.2. The summed E-state index contributed by atoms with van der Waals surface area (Å²) in [5, 5.41) is 10.6. The van der Waals surface area contributed by atoms with Crippen molar-refractivity contribution < 1.29 is 9.53 Å². The third-order valence-electron chi connectivity index (χ3n) is 3.45. The smallest absolute Gasteiger partial charge is 0.221 e. The number of aromatic nitrogens is 3. The van der Waals surface area contributed by atoms with Crippen molar-refractivity contribution in [1.29, 1.82) is 0 Å². The van der Waals surface area contributed by atoms with E-state index in [-0.39, 0.29) is 5.91 Å². The molecule has 24 heavy (non-hydrogen) atoms. The number of anilines is 2. The Morgan fingerprint density at radius 2 is 2.17 bits per heavy atom. The van der Waals surface area contributed by atoms with Crippen LogP contribution in [-0.2, 0) is 9.53 Å². The minimum atomic E-state index is -0.104. The Morgan fingerprint density at radius 1 is 1.29 bits per heavy atom. The number of fused-ring (bicyclic) bond motifs is 1. The number of ether oxygens (including phenoxy) is 1. The molecule has 2 N–H and O–H groups in total. The van der Waals surface area contributed by atoms with E-state index in [9.17, 15) is 4.79 Å². The molecule has 124 valence electrons. The van der Waals surface area contributed by atoms with Crippen LogP contribution in [0.4, 0.5) is 11.5 Å². The number of imidazole rings is 1. The van der Waals surface area contributed by atoms with E-state index in [1.807, 2.05) is 36.4 Å². The van der Waals surface area contributed by atoms with Crippen LogP contribution in [0.5, 0.6) is 0 Å². The molecule has 0 unspecified atom stereocenters. The fourth-order valence-electron chi connectivity index (χ4n) is 2.41. The zero-order valence-corrected chi connectivity index (χ0v) is 13.6. The second-order valence-corrected chi connectivity index (χ2v) is 5.31. The molecular weight excluding hydrogens is 306 g/mol. The first-order valence-corrected chi connectivity index (χ1v) is 7.63. The third kappa shape index (κ3) is 3.52. The van der Waals surface area contributed by atoms with Gasteiger partial charge in [-0.25, -0.2) is 9.50 Å². The van der Waals surface area contributed by atoms with Gasteiger partial charge in [0.1, 0.15) is 5.82 Å². The van der Waals surface area contributed by atoms with E-state index in [2.05, 4.69) is 20.7 Å². The Morgan fingerprint density at radius 3 is 2.96 bits per heavy atom. The molecule has 2 aromatic heterocycles. The highest BCUT2D eigenvalue weighted by atomic mass is 16.5. The fourth-order valence-corrected chi connectivity index (χ4v) is 2.41. The van der Waals surface area contributed by atoms with Crippen molar-refractivity contribution in [2.45, 2.75) is 6.92 Å². The first kappa shape index (κ1) is 15.9. The Labute approximate surface area is 139 Å². The second-order valence-electron chi connectivity index (χ2n) is 5.31. The minimum Gasteiger partial charge on any atom is -0.383 e. The molecule has 0 atom stereocenters. The lowest BCUT2D eigenvalue weighted by molar-refractivity contribution is -0.114. The summed E-state index contributed by atoms with van der Waals surface area (Å²) in [6.45, 7) is 2.77. The Balaban J connectivity index is 1.94. The molecular formula is C17H19N5O2. The number of hydrogen-bond donors (Lipinski definition) is 2. The van der Waals surface area contributed by atoms with E-state index in [0.29, 0.717) is 13.2 Å². The topological polar surface area (TPSA) is 80.5 Å². The number of nitrogens with zero attached hydrogens (tertiary/aromatic N) is 3. The van der Waals surface area contributed by atoms with Gasteiger partial charge >= 0.3 is 0 Å². The molecule has 0 spiro atoms. The van der Waals surface area contributed by atoms with Crippen molar-refractivity contribution in [1.82, 2.24) is 14.6 Å². The van der Waals surface area contributed by atoms with Gasteiger partial charge in [0.15, 0.2) is 5.65 Å². The number of carbonyl (C=O) groups is 1. The van der Waals surface area contributed by atoms with E-state index >= 15 is 0 Å². The fraction of sp³-hybridized carbons (Fsp3) is 0.235. The van der Waals surface area contributed by atoms with E-state index in [1.54, 1.807) is 17.8 Å². The summed E-state index contributed by atoms with van der Waals surface area (Å²) in [5.41, 5.74) is 3.28.